The molecule has 0 aliphatic carbocycles. The van der Waals surface area contributed by atoms with Crippen molar-refractivity contribution in [3.8, 4) is 5.75 Å². The van der Waals surface area contributed by atoms with Gasteiger partial charge in [0.1, 0.15) is 5.75 Å². The summed E-state index contributed by atoms with van der Waals surface area (Å²) in [5.41, 5.74) is 0.872. The number of carbonyl (C=O) groups is 1. The summed E-state index contributed by atoms with van der Waals surface area (Å²) in [6.07, 6.45) is 0.858. The Morgan fingerprint density at radius 1 is 1.47 bits per heavy atom. The highest BCUT2D eigenvalue weighted by Crippen LogP contribution is 2.30. The summed E-state index contributed by atoms with van der Waals surface area (Å²) in [5.74, 6) is 0.882. The van der Waals surface area contributed by atoms with Gasteiger partial charge in [0.2, 0.25) is 5.91 Å². The lowest BCUT2D eigenvalue weighted by Crippen LogP contribution is -2.44. The smallest absolute Gasteiger partial charge is 0.243 e. The van der Waals surface area contributed by atoms with E-state index in [9.17, 15) is 4.79 Å². The fourth-order valence-electron chi connectivity index (χ4n) is 1.91. The van der Waals surface area contributed by atoms with E-state index < -0.39 is 0 Å². The average molecular weight is 234 g/mol. The molecule has 0 fully saturated rings. The van der Waals surface area contributed by atoms with Gasteiger partial charge in [-0.15, -0.1) is 0 Å². The summed E-state index contributed by atoms with van der Waals surface area (Å²) >= 11 is 0. The number of nitrogens with one attached hydrogen (secondary N) is 1. The normalized spacial score (nSPS) is 16.7. The number of fused-ring (bicyclic) bond motifs is 1. The lowest BCUT2D eigenvalue weighted by atomic mass is 10.2. The minimum atomic E-state index is -0.179. The van der Waals surface area contributed by atoms with Crippen molar-refractivity contribution in [2.75, 3.05) is 25.1 Å². The number of anilines is 1. The van der Waals surface area contributed by atoms with Crippen LogP contribution in [-0.2, 0) is 4.79 Å². The van der Waals surface area contributed by atoms with Gasteiger partial charge in [0.15, 0.2) is 0 Å². The summed E-state index contributed by atoms with van der Waals surface area (Å²) in [6.45, 7) is 3.24. The van der Waals surface area contributed by atoms with Gasteiger partial charge in [0.25, 0.3) is 0 Å². The van der Waals surface area contributed by atoms with Crippen LogP contribution in [-0.4, -0.2) is 32.1 Å². The molecule has 0 spiro atoms. The van der Waals surface area contributed by atoms with E-state index in [1.807, 2.05) is 36.1 Å². The summed E-state index contributed by atoms with van der Waals surface area (Å²) in [6, 6.07) is 7.51. The Bertz CT molecular complexity index is 406. The molecule has 0 radical (unpaired) electrons. The second-order valence-electron chi connectivity index (χ2n) is 4.17. The monoisotopic (exact) mass is 234 g/mol. The molecular weight excluding hydrogens is 216 g/mol. The minimum Gasteiger partial charge on any atom is -0.491 e. The van der Waals surface area contributed by atoms with Gasteiger partial charge in [-0.1, -0.05) is 12.1 Å². The summed E-state index contributed by atoms with van der Waals surface area (Å²) in [5, 5.41) is 2.98. The molecule has 0 saturated heterocycles. The molecule has 4 heteroatoms. The lowest BCUT2D eigenvalue weighted by molar-refractivity contribution is -0.120. The van der Waals surface area contributed by atoms with Crippen LogP contribution in [0.5, 0.6) is 5.75 Å². The third-order valence-electron chi connectivity index (χ3n) is 3.01. The molecule has 1 aliphatic heterocycles. The first-order valence-electron chi connectivity index (χ1n) is 5.94. The molecule has 17 heavy (non-hydrogen) atoms. The number of carbonyl (C=O) groups excluding carboxylic acids is 1. The molecule has 0 saturated carbocycles. The number of hydrogen-bond acceptors (Lipinski definition) is 3. The second kappa shape index (κ2) is 5.19. The van der Waals surface area contributed by atoms with Crippen molar-refractivity contribution in [1.82, 2.24) is 5.32 Å². The molecular formula is C13H18N2O2. The van der Waals surface area contributed by atoms with Gasteiger partial charge in [0, 0.05) is 6.54 Å². The Balaban J connectivity index is 2.31. The topological polar surface area (TPSA) is 41.6 Å². The van der Waals surface area contributed by atoms with Crippen molar-refractivity contribution in [2.45, 2.75) is 19.4 Å². The van der Waals surface area contributed by atoms with E-state index in [0.717, 1.165) is 17.9 Å². The summed E-state index contributed by atoms with van der Waals surface area (Å²) in [7, 11) is 1.79. The standard InChI is InChI=1S/C13H18N2O2/c1-10(14-2)13(16)15-8-5-9-17-12-7-4-3-6-11(12)15/h3-4,6-7,10,14H,5,8-9H2,1-2H3. The van der Waals surface area contributed by atoms with E-state index in [1.54, 1.807) is 7.05 Å². The van der Waals surface area contributed by atoms with Crippen LogP contribution in [0, 0.1) is 0 Å². The van der Waals surface area contributed by atoms with Crippen LogP contribution < -0.4 is 15.0 Å². The van der Waals surface area contributed by atoms with Crippen molar-refractivity contribution >= 4 is 11.6 Å². The number of hydrogen-bond donors (Lipinski definition) is 1. The molecule has 1 unspecified atom stereocenters. The fourth-order valence-corrected chi connectivity index (χ4v) is 1.91. The van der Waals surface area contributed by atoms with Crippen molar-refractivity contribution in [3.05, 3.63) is 24.3 Å². The molecule has 1 aromatic rings. The maximum atomic E-state index is 12.3. The second-order valence-corrected chi connectivity index (χ2v) is 4.17. The van der Waals surface area contributed by atoms with E-state index in [4.69, 9.17) is 4.74 Å². The first-order chi connectivity index (χ1) is 8.24. The molecule has 92 valence electrons. The predicted octanol–water partition coefficient (Wildman–Crippen LogP) is 1.41. The molecule has 0 bridgehead atoms. The average Bonchev–Trinajstić information content (AvgIpc) is 2.59. The van der Waals surface area contributed by atoms with Gasteiger partial charge >= 0.3 is 0 Å². The van der Waals surface area contributed by atoms with Gasteiger partial charge in [-0.05, 0) is 32.5 Å². The van der Waals surface area contributed by atoms with Gasteiger partial charge in [-0.25, -0.2) is 0 Å². The highest BCUT2D eigenvalue weighted by atomic mass is 16.5. The molecule has 4 nitrogen and oxygen atoms in total. The maximum absolute atomic E-state index is 12.3. The fraction of sp³-hybridized carbons (Fsp3) is 0.462. The third-order valence-corrected chi connectivity index (χ3v) is 3.01. The number of benzene rings is 1. The van der Waals surface area contributed by atoms with Crippen LogP contribution in [0.25, 0.3) is 0 Å². The lowest BCUT2D eigenvalue weighted by Gasteiger charge is -2.24. The van der Waals surface area contributed by atoms with Crippen LogP contribution >= 0.6 is 0 Å². The number of para-hydroxylation sites is 2. The SMILES string of the molecule is CNC(C)C(=O)N1CCCOc2ccccc21. The van der Waals surface area contributed by atoms with Crippen LogP contribution in [0.2, 0.25) is 0 Å². The quantitative estimate of drug-likeness (QED) is 0.841. The minimum absolute atomic E-state index is 0.0884. The summed E-state index contributed by atoms with van der Waals surface area (Å²) in [4.78, 5) is 14.1. The first-order valence-corrected chi connectivity index (χ1v) is 5.94. The molecule has 1 atom stereocenters. The van der Waals surface area contributed by atoms with Crippen molar-refractivity contribution in [2.24, 2.45) is 0 Å². The van der Waals surface area contributed by atoms with Crippen LogP contribution in [0.4, 0.5) is 5.69 Å². The highest BCUT2D eigenvalue weighted by molar-refractivity contribution is 5.98. The van der Waals surface area contributed by atoms with Gasteiger partial charge in [-0.3, -0.25) is 4.79 Å². The largest absolute Gasteiger partial charge is 0.491 e. The highest BCUT2D eigenvalue weighted by Gasteiger charge is 2.24. The van der Waals surface area contributed by atoms with E-state index in [2.05, 4.69) is 5.32 Å². The van der Waals surface area contributed by atoms with Crippen molar-refractivity contribution < 1.29 is 9.53 Å². The summed E-state index contributed by atoms with van der Waals surface area (Å²) < 4.78 is 5.63. The van der Waals surface area contributed by atoms with Crippen molar-refractivity contribution in [3.63, 3.8) is 0 Å². The number of ether oxygens (including phenoxy) is 1. The third kappa shape index (κ3) is 2.42. The number of nitrogens with zero attached hydrogens (tertiary/aromatic N) is 1. The molecule has 1 heterocycles. The Labute approximate surface area is 102 Å². The van der Waals surface area contributed by atoms with Gasteiger partial charge in [0.05, 0.1) is 18.3 Å². The number of amides is 1. The molecule has 1 amide bonds. The molecule has 1 aromatic carbocycles. The van der Waals surface area contributed by atoms with E-state index in [1.165, 1.54) is 0 Å². The van der Waals surface area contributed by atoms with E-state index >= 15 is 0 Å². The zero-order valence-electron chi connectivity index (χ0n) is 10.3. The van der Waals surface area contributed by atoms with Crippen molar-refractivity contribution in [1.29, 1.82) is 0 Å². The van der Waals surface area contributed by atoms with Crippen LogP contribution in [0.15, 0.2) is 24.3 Å². The van der Waals surface area contributed by atoms with Crippen LogP contribution in [0.3, 0.4) is 0 Å². The Hall–Kier alpha value is -1.55. The molecule has 0 aromatic heterocycles. The predicted molar refractivity (Wildman–Crippen MR) is 67.4 cm³/mol. The van der Waals surface area contributed by atoms with Gasteiger partial charge in [-0.2, -0.15) is 0 Å². The Morgan fingerprint density at radius 3 is 3.00 bits per heavy atom. The Morgan fingerprint density at radius 2 is 2.24 bits per heavy atom. The van der Waals surface area contributed by atoms with E-state index in [-0.39, 0.29) is 11.9 Å². The first kappa shape index (κ1) is 11.9. The Kier molecular flexibility index (Phi) is 3.64. The molecule has 2 rings (SSSR count). The maximum Gasteiger partial charge on any atom is 0.243 e. The van der Waals surface area contributed by atoms with Gasteiger partial charge < -0.3 is 15.0 Å². The number of likely N-dealkylation sites (N-methyl/N-ethyl adjacent to an activating group) is 1. The zero-order valence-corrected chi connectivity index (χ0v) is 10.3. The molecule has 1 N–H and O–H groups in total. The molecule has 1 aliphatic rings. The van der Waals surface area contributed by atoms with E-state index in [0.29, 0.717) is 13.2 Å². The number of rotatable bonds is 2. The van der Waals surface area contributed by atoms with Crippen LogP contribution in [0.1, 0.15) is 13.3 Å². The zero-order chi connectivity index (χ0) is 12.3.